The molecule has 0 aliphatic heterocycles. The third-order valence-electron chi connectivity index (χ3n) is 3.38. The molecule has 0 aliphatic carbocycles. The summed E-state index contributed by atoms with van der Waals surface area (Å²) in [5, 5.41) is 3.44. The Morgan fingerprint density at radius 3 is 2.72 bits per heavy atom. The zero-order chi connectivity index (χ0) is 13.4. The van der Waals surface area contributed by atoms with Crippen molar-refractivity contribution in [2.75, 3.05) is 24.7 Å². The van der Waals surface area contributed by atoms with Gasteiger partial charge in [0, 0.05) is 12.6 Å². The van der Waals surface area contributed by atoms with Gasteiger partial charge in [-0.25, -0.2) is 0 Å². The molecular weight excluding hydrogens is 224 g/mol. The molecule has 0 spiro atoms. The van der Waals surface area contributed by atoms with Crippen LogP contribution in [0, 0.1) is 5.92 Å². The Labute approximate surface area is 111 Å². The molecule has 0 amide bonds. The summed E-state index contributed by atoms with van der Waals surface area (Å²) < 4.78 is 5.21. The van der Waals surface area contributed by atoms with Crippen LogP contribution in [0.1, 0.15) is 39.5 Å². The molecule has 3 nitrogen and oxygen atoms in total. The molecule has 0 fully saturated rings. The number of nitrogens with two attached hydrogens (primary N) is 1. The average Bonchev–Trinajstić information content (AvgIpc) is 2.40. The van der Waals surface area contributed by atoms with E-state index in [1.165, 1.54) is 25.7 Å². The lowest BCUT2D eigenvalue weighted by Gasteiger charge is -2.17. The lowest BCUT2D eigenvalue weighted by atomic mass is 9.99. The summed E-state index contributed by atoms with van der Waals surface area (Å²) in [6.45, 7) is 5.46. The maximum Gasteiger partial charge on any atom is 0.121 e. The van der Waals surface area contributed by atoms with Crippen LogP contribution in [-0.2, 0) is 0 Å². The van der Waals surface area contributed by atoms with Crippen molar-refractivity contribution in [2.45, 2.75) is 39.5 Å². The van der Waals surface area contributed by atoms with Gasteiger partial charge in [0.15, 0.2) is 0 Å². The molecule has 1 aromatic rings. The van der Waals surface area contributed by atoms with E-state index in [2.05, 4.69) is 19.2 Å². The Morgan fingerprint density at radius 2 is 2.11 bits per heavy atom. The maximum atomic E-state index is 5.95. The summed E-state index contributed by atoms with van der Waals surface area (Å²) in [7, 11) is 1.67. The standard InChI is InChI=1S/C15H26N2O/c1-4-6-7-12(5-2)11-17-15-10-13(18-3)8-9-14(15)16/h8-10,12,17H,4-7,11,16H2,1-3H3. The Bertz CT molecular complexity index is 352. The van der Waals surface area contributed by atoms with Crippen LogP contribution in [0.3, 0.4) is 0 Å². The molecule has 0 aromatic heterocycles. The van der Waals surface area contributed by atoms with Gasteiger partial charge >= 0.3 is 0 Å². The minimum absolute atomic E-state index is 0.718. The summed E-state index contributed by atoms with van der Waals surface area (Å²) in [6, 6.07) is 5.73. The smallest absolute Gasteiger partial charge is 0.121 e. The lowest BCUT2D eigenvalue weighted by Crippen LogP contribution is -2.14. The first-order chi connectivity index (χ1) is 8.71. The minimum Gasteiger partial charge on any atom is -0.497 e. The van der Waals surface area contributed by atoms with E-state index in [1.54, 1.807) is 7.11 Å². The maximum absolute atomic E-state index is 5.95. The molecule has 1 aromatic carbocycles. The number of hydrogen-bond acceptors (Lipinski definition) is 3. The molecule has 0 radical (unpaired) electrons. The van der Waals surface area contributed by atoms with E-state index in [9.17, 15) is 0 Å². The van der Waals surface area contributed by atoms with Gasteiger partial charge in [-0.15, -0.1) is 0 Å². The third-order valence-corrected chi connectivity index (χ3v) is 3.38. The molecule has 0 saturated carbocycles. The van der Waals surface area contributed by atoms with Crippen molar-refractivity contribution in [2.24, 2.45) is 5.92 Å². The van der Waals surface area contributed by atoms with Crippen molar-refractivity contribution in [3.8, 4) is 5.75 Å². The number of nitrogen functional groups attached to an aromatic ring is 1. The highest BCUT2D eigenvalue weighted by molar-refractivity contribution is 5.68. The van der Waals surface area contributed by atoms with Gasteiger partial charge < -0.3 is 15.8 Å². The van der Waals surface area contributed by atoms with Gasteiger partial charge in [-0.3, -0.25) is 0 Å². The van der Waals surface area contributed by atoms with E-state index >= 15 is 0 Å². The number of rotatable bonds is 8. The van der Waals surface area contributed by atoms with Crippen LogP contribution in [0.15, 0.2) is 18.2 Å². The minimum atomic E-state index is 0.718. The van der Waals surface area contributed by atoms with Crippen LogP contribution in [0.25, 0.3) is 0 Å². The van der Waals surface area contributed by atoms with Gasteiger partial charge in [0.05, 0.1) is 18.5 Å². The topological polar surface area (TPSA) is 47.3 Å². The summed E-state index contributed by atoms with van der Waals surface area (Å²) in [6.07, 6.45) is 5.05. The molecule has 18 heavy (non-hydrogen) atoms. The molecule has 3 N–H and O–H groups in total. The highest BCUT2D eigenvalue weighted by Crippen LogP contribution is 2.25. The van der Waals surface area contributed by atoms with Gasteiger partial charge in [0.1, 0.15) is 5.75 Å². The van der Waals surface area contributed by atoms with Crippen LogP contribution in [0.4, 0.5) is 11.4 Å². The largest absolute Gasteiger partial charge is 0.497 e. The summed E-state index contributed by atoms with van der Waals surface area (Å²) in [5.74, 6) is 1.56. The monoisotopic (exact) mass is 250 g/mol. The van der Waals surface area contributed by atoms with Crippen LogP contribution < -0.4 is 15.8 Å². The van der Waals surface area contributed by atoms with Crippen molar-refractivity contribution in [1.29, 1.82) is 0 Å². The highest BCUT2D eigenvalue weighted by atomic mass is 16.5. The number of benzene rings is 1. The molecule has 1 unspecified atom stereocenters. The highest BCUT2D eigenvalue weighted by Gasteiger charge is 2.07. The van der Waals surface area contributed by atoms with E-state index in [4.69, 9.17) is 10.5 Å². The number of unbranched alkanes of at least 4 members (excludes halogenated alkanes) is 1. The Balaban J connectivity index is 2.55. The van der Waals surface area contributed by atoms with Gasteiger partial charge in [0.25, 0.3) is 0 Å². The van der Waals surface area contributed by atoms with Crippen molar-refractivity contribution < 1.29 is 4.74 Å². The number of ether oxygens (including phenoxy) is 1. The molecule has 3 heteroatoms. The Hall–Kier alpha value is -1.38. The first kappa shape index (κ1) is 14.7. The van der Waals surface area contributed by atoms with Gasteiger partial charge in [0.2, 0.25) is 0 Å². The molecule has 102 valence electrons. The summed E-state index contributed by atoms with van der Waals surface area (Å²) in [5.41, 5.74) is 7.71. The molecular formula is C15H26N2O. The van der Waals surface area contributed by atoms with Crippen LogP contribution in [0.2, 0.25) is 0 Å². The molecule has 0 saturated heterocycles. The van der Waals surface area contributed by atoms with E-state index in [0.717, 1.165) is 29.6 Å². The fourth-order valence-corrected chi connectivity index (χ4v) is 2.01. The number of hydrogen-bond donors (Lipinski definition) is 2. The number of anilines is 2. The normalized spacial score (nSPS) is 12.2. The zero-order valence-corrected chi connectivity index (χ0v) is 11.8. The van der Waals surface area contributed by atoms with Gasteiger partial charge in [-0.05, 0) is 24.5 Å². The molecule has 1 rings (SSSR count). The quantitative estimate of drug-likeness (QED) is 0.688. The van der Waals surface area contributed by atoms with E-state index in [1.807, 2.05) is 18.2 Å². The fourth-order valence-electron chi connectivity index (χ4n) is 2.01. The molecule has 1 atom stereocenters. The van der Waals surface area contributed by atoms with Crippen LogP contribution in [0.5, 0.6) is 5.75 Å². The fraction of sp³-hybridized carbons (Fsp3) is 0.600. The van der Waals surface area contributed by atoms with Gasteiger partial charge in [-0.2, -0.15) is 0 Å². The van der Waals surface area contributed by atoms with E-state index in [0.29, 0.717) is 0 Å². The lowest BCUT2D eigenvalue weighted by molar-refractivity contribution is 0.415. The Kier molecular flexibility index (Phi) is 6.40. The van der Waals surface area contributed by atoms with E-state index < -0.39 is 0 Å². The van der Waals surface area contributed by atoms with Crippen LogP contribution >= 0.6 is 0 Å². The van der Waals surface area contributed by atoms with Gasteiger partial charge in [-0.1, -0.05) is 33.1 Å². The number of methoxy groups -OCH3 is 1. The second-order valence-electron chi connectivity index (χ2n) is 4.75. The third kappa shape index (κ3) is 4.47. The molecule has 0 aliphatic rings. The van der Waals surface area contributed by atoms with E-state index in [-0.39, 0.29) is 0 Å². The van der Waals surface area contributed by atoms with Crippen molar-refractivity contribution in [1.82, 2.24) is 0 Å². The Morgan fingerprint density at radius 1 is 1.33 bits per heavy atom. The van der Waals surface area contributed by atoms with Crippen molar-refractivity contribution in [3.05, 3.63) is 18.2 Å². The zero-order valence-electron chi connectivity index (χ0n) is 11.8. The average molecular weight is 250 g/mol. The van der Waals surface area contributed by atoms with Crippen molar-refractivity contribution in [3.63, 3.8) is 0 Å². The second kappa shape index (κ2) is 7.85. The number of nitrogens with one attached hydrogen (secondary N) is 1. The summed E-state index contributed by atoms with van der Waals surface area (Å²) in [4.78, 5) is 0. The summed E-state index contributed by atoms with van der Waals surface area (Å²) >= 11 is 0. The van der Waals surface area contributed by atoms with Crippen molar-refractivity contribution >= 4 is 11.4 Å². The first-order valence-electron chi connectivity index (χ1n) is 6.88. The second-order valence-corrected chi connectivity index (χ2v) is 4.75. The molecule has 0 heterocycles. The SMILES string of the molecule is CCCCC(CC)CNc1cc(OC)ccc1N. The van der Waals surface area contributed by atoms with Crippen LogP contribution in [-0.4, -0.2) is 13.7 Å². The molecule has 0 bridgehead atoms. The first-order valence-corrected chi connectivity index (χ1v) is 6.88. The predicted octanol–water partition coefficient (Wildman–Crippen LogP) is 3.91. The predicted molar refractivity (Wildman–Crippen MR) is 79.2 cm³/mol.